The van der Waals surface area contributed by atoms with Crippen molar-refractivity contribution in [1.82, 2.24) is 0 Å². The molecule has 0 heterocycles. The Bertz CT molecular complexity index is 866. The molecule has 25 heavy (non-hydrogen) atoms. The van der Waals surface area contributed by atoms with E-state index in [-0.39, 0.29) is 5.91 Å². The van der Waals surface area contributed by atoms with Gasteiger partial charge < -0.3 is 5.73 Å². The zero-order valence-electron chi connectivity index (χ0n) is 13.8. The number of nitrogens with zero attached hydrogens (tertiary/aromatic N) is 1. The van der Waals surface area contributed by atoms with Gasteiger partial charge in [-0.05, 0) is 48.9 Å². The molecule has 3 aromatic carbocycles. The van der Waals surface area contributed by atoms with Crippen LogP contribution >= 0.6 is 0 Å². The van der Waals surface area contributed by atoms with Crippen LogP contribution in [0.15, 0.2) is 78.9 Å². The first kappa shape index (κ1) is 16.5. The topological polar surface area (TPSA) is 63.4 Å². The predicted octanol–water partition coefficient (Wildman–Crippen LogP) is 4.07. The van der Waals surface area contributed by atoms with Crippen LogP contribution in [0.2, 0.25) is 0 Å². The van der Waals surface area contributed by atoms with Crippen LogP contribution in [0.25, 0.3) is 0 Å². The van der Waals surface area contributed by atoms with Crippen LogP contribution < -0.4 is 10.6 Å². The summed E-state index contributed by atoms with van der Waals surface area (Å²) in [6, 6.07) is 23.8. The number of anilines is 2. The minimum absolute atomic E-state index is 0.210. The van der Waals surface area contributed by atoms with Gasteiger partial charge in [0.15, 0.2) is 0 Å². The molecule has 4 heteroatoms. The molecule has 2 N–H and O–H groups in total. The van der Waals surface area contributed by atoms with Gasteiger partial charge in [-0.25, -0.2) is 0 Å². The number of primary amides is 1. The van der Waals surface area contributed by atoms with E-state index in [0.717, 1.165) is 11.4 Å². The number of hydrogen-bond acceptors (Lipinski definition) is 2. The van der Waals surface area contributed by atoms with Crippen LogP contribution in [0, 0.1) is 6.92 Å². The van der Waals surface area contributed by atoms with E-state index in [1.165, 1.54) is 0 Å². The van der Waals surface area contributed by atoms with Gasteiger partial charge in [0.05, 0.1) is 0 Å². The van der Waals surface area contributed by atoms with Crippen molar-refractivity contribution >= 4 is 23.2 Å². The second-order valence-electron chi connectivity index (χ2n) is 5.65. The lowest BCUT2D eigenvalue weighted by molar-refractivity contribution is 0.0998. The number of carbonyl (C=O) groups is 2. The summed E-state index contributed by atoms with van der Waals surface area (Å²) in [5, 5.41) is 0. The lowest BCUT2D eigenvalue weighted by Crippen LogP contribution is -2.27. The van der Waals surface area contributed by atoms with E-state index in [4.69, 9.17) is 5.73 Å². The fourth-order valence-corrected chi connectivity index (χ4v) is 2.79. The first-order valence-electron chi connectivity index (χ1n) is 7.93. The monoisotopic (exact) mass is 330 g/mol. The first-order valence-corrected chi connectivity index (χ1v) is 7.93. The molecule has 2 amide bonds. The van der Waals surface area contributed by atoms with Gasteiger partial charge >= 0.3 is 0 Å². The van der Waals surface area contributed by atoms with Crippen molar-refractivity contribution < 1.29 is 9.59 Å². The molecule has 0 atom stereocenters. The third-order valence-corrected chi connectivity index (χ3v) is 4.06. The molecule has 0 bridgehead atoms. The van der Waals surface area contributed by atoms with Crippen LogP contribution in [0.3, 0.4) is 0 Å². The van der Waals surface area contributed by atoms with Gasteiger partial charge in [0.25, 0.3) is 5.91 Å². The Balaban J connectivity index is 2.13. The highest BCUT2D eigenvalue weighted by molar-refractivity contribution is 6.13. The molecule has 0 aliphatic rings. The molecule has 0 aliphatic carbocycles. The number of hydrogen-bond donors (Lipinski definition) is 1. The predicted molar refractivity (Wildman–Crippen MR) is 99.1 cm³/mol. The zero-order valence-corrected chi connectivity index (χ0v) is 13.8. The highest BCUT2D eigenvalue weighted by atomic mass is 16.2. The van der Waals surface area contributed by atoms with Crippen molar-refractivity contribution in [1.29, 1.82) is 0 Å². The van der Waals surface area contributed by atoms with Crippen molar-refractivity contribution in [2.45, 2.75) is 6.92 Å². The van der Waals surface area contributed by atoms with Gasteiger partial charge in [0, 0.05) is 22.5 Å². The van der Waals surface area contributed by atoms with Gasteiger partial charge in [-0.2, -0.15) is 0 Å². The second-order valence-corrected chi connectivity index (χ2v) is 5.65. The molecule has 3 rings (SSSR count). The van der Waals surface area contributed by atoms with Crippen LogP contribution in [0.1, 0.15) is 26.3 Å². The summed E-state index contributed by atoms with van der Waals surface area (Å²) in [5.41, 5.74) is 8.31. The maximum atomic E-state index is 13.3. The van der Waals surface area contributed by atoms with Crippen molar-refractivity contribution in [2.24, 2.45) is 5.73 Å². The Kier molecular flexibility index (Phi) is 4.61. The molecular formula is C21H18N2O2. The molecule has 0 saturated carbocycles. The summed E-state index contributed by atoms with van der Waals surface area (Å²) in [6.45, 7) is 1.74. The molecule has 0 unspecified atom stereocenters. The summed E-state index contributed by atoms with van der Waals surface area (Å²) >= 11 is 0. The maximum Gasteiger partial charge on any atom is 0.263 e. The molecule has 0 spiro atoms. The van der Waals surface area contributed by atoms with E-state index in [2.05, 4.69) is 0 Å². The lowest BCUT2D eigenvalue weighted by Gasteiger charge is -2.24. The number of para-hydroxylation sites is 2. The lowest BCUT2D eigenvalue weighted by atomic mass is 10.0. The fraction of sp³-hybridized carbons (Fsp3) is 0.0476. The van der Waals surface area contributed by atoms with Gasteiger partial charge in [-0.1, -0.05) is 42.5 Å². The van der Waals surface area contributed by atoms with Gasteiger partial charge in [0.2, 0.25) is 5.91 Å². The van der Waals surface area contributed by atoms with E-state index >= 15 is 0 Å². The van der Waals surface area contributed by atoms with Gasteiger partial charge in [0.1, 0.15) is 0 Å². The minimum Gasteiger partial charge on any atom is -0.366 e. The van der Waals surface area contributed by atoms with Crippen molar-refractivity contribution in [3.8, 4) is 0 Å². The average molecular weight is 330 g/mol. The summed E-state index contributed by atoms with van der Waals surface area (Å²) in [7, 11) is 0. The molecule has 0 saturated heterocycles. The van der Waals surface area contributed by atoms with Gasteiger partial charge in [-0.15, -0.1) is 0 Å². The largest absolute Gasteiger partial charge is 0.366 e. The van der Waals surface area contributed by atoms with Crippen LogP contribution in [-0.2, 0) is 0 Å². The SMILES string of the molecule is Cc1c(C(N)=O)cccc1C(=O)N(c1ccccc1)c1ccccc1. The number of nitrogens with two attached hydrogens (primary N) is 1. The highest BCUT2D eigenvalue weighted by Crippen LogP contribution is 2.28. The summed E-state index contributed by atoms with van der Waals surface area (Å²) in [5.74, 6) is -0.754. The molecule has 0 radical (unpaired) electrons. The number of rotatable bonds is 4. The molecule has 0 fully saturated rings. The highest BCUT2D eigenvalue weighted by Gasteiger charge is 2.22. The zero-order chi connectivity index (χ0) is 17.8. The summed E-state index contributed by atoms with van der Waals surface area (Å²) in [6.07, 6.45) is 0. The quantitative estimate of drug-likeness (QED) is 0.783. The molecule has 0 aromatic heterocycles. The van der Waals surface area contributed by atoms with Crippen molar-refractivity contribution in [3.05, 3.63) is 95.6 Å². The second kappa shape index (κ2) is 7.01. The van der Waals surface area contributed by atoms with E-state index in [0.29, 0.717) is 16.7 Å². The Morgan fingerprint density at radius 3 is 1.68 bits per heavy atom. The smallest absolute Gasteiger partial charge is 0.263 e. The standard InChI is InChI=1S/C21H18N2O2/c1-15-18(20(22)24)13-8-14-19(15)21(25)23(16-9-4-2-5-10-16)17-11-6-3-7-12-17/h2-14H,1H3,(H2,22,24). The molecular weight excluding hydrogens is 312 g/mol. The normalized spacial score (nSPS) is 10.3. The summed E-state index contributed by atoms with van der Waals surface area (Å²) in [4.78, 5) is 26.6. The van der Waals surface area contributed by atoms with E-state index in [1.54, 1.807) is 30.0 Å². The first-order chi connectivity index (χ1) is 12.1. The van der Waals surface area contributed by atoms with E-state index < -0.39 is 5.91 Å². The fourth-order valence-electron chi connectivity index (χ4n) is 2.79. The molecule has 0 aliphatic heterocycles. The average Bonchev–Trinajstić information content (AvgIpc) is 2.63. The van der Waals surface area contributed by atoms with E-state index in [1.807, 2.05) is 60.7 Å². The maximum absolute atomic E-state index is 13.3. The van der Waals surface area contributed by atoms with Gasteiger partial charge in [-0.3, -0.25) is 14.5 Å². The van der Waals surface area contributed by atoms with Crippen molar-refractivity contribution in [2.75, 3.05) is 4.90 Å². The van der Waals surface area contributed by atoms with E-state index in [9.17, 15) is 9.59 Å². The molecule has 3 aromatic rings. The molecule has 4 nitrogen and oxygen atoms in total. The van der Waals surface area contributed by atoms with Crippen molar-refractivity contribution in [3.63, 3.8) is 0 Å². The number of carbonyl (C=O) groups excluding carboxylic acids is 2. The Morgan fingerprint density at radius 1 is 0.720 bits per heavy atom. The minimum atomic E-state index is -0.543. The van der Waals surface area contributed by atoms with Crippen LogP contribution in [0.4, 0.5) is 11.4 Å². The molecule has 124 valence electrons. The number of amides is 2. The Hall–Kier alpha value is -3.40. The Morgan fingerprint density at radius 2 is 1.20 bits per heavy atom. The van der Waals surface area contributed by atoms with Crippen LogP contribution in [0.5, 0.6) is 0 Å². The summed E-state index contributed by atoms with van der Waals surface area (Å²) < 4.78 is 0. The third-order valence-electron chi connectivity index (χ3n) is 4.06. The Labute approximate surface area is 146 Å². The number of benzene rings is 3. The third kappa shape index (κ3) is 3.28. The van der Waals surface area contributed by atoms with Crippen LogP contribution in [-0.4, -0.2) is 11.8 Å².